The van der Waals surface area contributed by atoms with Crippen LogP contribution in [0.3, 0.4) is 0 Å². The van der Waals surface area contributed by atoms with Crippen molar-refractivity contribution in [3.63, 3.8) is 0 Å². The molecule has 3 heteroatoms. The van der Waals surface area contributed by atoms with E-state index in [2.05, 4.69) is 43.4 Å². The van der Waals surface area contributed by atoms with E-state index in [9.17, 15) is 4.79 Å². The highest BCUT2D eigenvalue weighted by Crippen LogP contribution is 2.21. The summed E-state index contributed by atoms with van der Waals surface area (Å²) in [6, 6.07) is 8.41. The summed E-state index contributed by atoms with van der Waals surface area (Å²) in [5, 5.41) is 2.80. The third-order valence-electron chi connectivity index (χ3n) is 2.88. The fourth-order valence-corrected chi connectivity index (χ4v) is 1.80. The van der Waals surface area contributed by atoms with Crippen LogP contribution in [0.15, 0.2) is 24.3 Å². The monoisotopic (exact) mass is 219 g/mol. The van der Waals surface area contributed by atoms with Crippen molar-refractivity contribution in [3.05, 3.63) is 35.4 Å². The lowest BCUT2D eigenvalue weighted by Gasteiger charge is -2.23. The SMILES string of the molecule is CC(C)c1ccc([C@@H]2CNC(=O)CO2)cc1. The molecule has 0 aromatic heterocycles. The zero-order valence-corrected chi connectivity index (χ0v) is 9.69. The first-order chi connectivity index (χ1) is 7.66. The number of rotatable bonds is 2. The molecule has 0 aliphatic carbocycles. The van der Waals surface area contributed by atoms with Crippen molar-refractivity contribution in [2.24, 2.45) is 0 Å². The van der Waals surface area contributed by atoms with Crippen LogP contribution in [-0.2, 0) is 9.53 Å². The largest absolute Gasteiger partial charge is 0.362 e. The third kappa shape index (κ3) is 2.42. The zero-order valence-electron chi connectivity index (χ0n) is 9.69. The van der Waals surface area contributed by atoms with Gasteiger partial charge in [-0.05, 0) is 17.0 Å². The third-order valence-corrected chi connectivity index (χ3v) is 2.88. The van der Waals surface area contributed by atoms with Gasteiger partial charge in [-0.1, -0.05) is 38.1 Å². The molecule has 0 spiro atoms. The molecule has 86 valence electrons. The van der Waals surface area contributed by atoms with Gasteiger partial charge in [-0.2, -0.15) is 0 Å². The predicted octanol–water partition coefficient (Wildman–Crippen LogP) is 2.00. The van der Waals surface area contributed by atoms with Gasteiger partial charge in [0, 0.05) is 6.54 Å². The van der Waals surface area contributed by atoms with Gasteiger partial charge in [-0.15, -0.1) is 0 Å². The lowest BCUT2D eigenvalue weighted by atomic mass is 10.00. The highest BCUT2D eigenvalue weighted by atomic mass is 16.5. The molecular weight excluding hydrogens is 202 g/mol. The molecular formula is C13H17NO2. The molecule has 1 saturated heterocycles. The van der Waals surface area contributed by atoms with Crippen LogP contribution in [0.1, 0.15) is 37.0 Å². The fraction of sp³-hybridized carbons (Fsp3) is 0.462. The lowest BCUT2D eigenvalue weighted by Crippen LogP contribution is -2.38. The molecule has 1 aromatic rings. The first-order valence-corrected chi connectivity index (χ1v) is 5.65. The highest BCUT2D eigenvalue weighted by molar-refractivity contribution is 5.77. The molecule has 1 heterocycles. The fourth-order valence-electron chi connectivity index (χ4n) is 1.80. The summed E-state index contributed by atoms with van der Waals surface area (Å²) < 4.78 is 5.46. The maximum atomic E-state index is 10.9. The number of hydrogen-bond acceptors (Lipinski definition) is 2. The van der Waals surface area contributed by atoms with E-state index in [1.807, 2.05) is 0 Å². The number of ether oxygens (including phenoxy) is 1. The number of carbonyl (C=O) groups excluding carboxylic acids is 1. The molecule has 1 N–H and O–H groups in total. The van der Waals surface area contributed by atoms with E-state index in [0.717, 1.165) is 5.56 Å². The summed E-state index contributed by atoms with van der Waals surface area (Å²) in [6.45, 7) is 5.08. The standard InChI is InChI=1S/C13H17NO2/c1-9(2)10-3-5-11(6-4-10)12-7-14-13(15)8-16-12/h3-6,9,12H,7-8H2,1-2H3,(H,14,15)/t12-/m0/s1. The van der Waals surface area contributed by atoms with E-state index in [1.54, 1.807) is 0 Å². The van der Waals surface area contributed by atoms with Crippen LogP contribution in [0, 0.1) is 0 Å². The van der Waals surface area contributed by atoms with Crippen LogP contribution in [0.5, 0.6) is 0 Å². The van der Waals surface area contributed by atoms with Crippen LogP contribution in [0.4, 0.5) is 0 Å². The Kier molecular flexibility index (Phi) is 3.25. The molecule has 1 atom stereocenters. The second-order valence-electron chi connectivity index (χ2n) is 4.43. The Morgan fingerprint density at radius 2 is 2.00 bits per heavy atom. The van der Waals surface area contributed by atoms with Crippen LogP contribution >= 0.6 is 0 Å². The van der Waals surface area contributed by atoms with Crippen molar-refractivity contribution in [2.75, 3.05) is 13.2 Å². The van der Waals surface area contributed by atoms with Crippen LogP contribution in [0.2, 0.25) is 0 Å². The number of morpholine rings is 1. The van der Waals surface area contributed by atoms with Crippen LogP contribution < -0.4 is 5.32 Å². The number of amides is 1. The number of nitrogens with one attached hydrogen (secondary N) is 1. The lowest BCUT2D eigenvalue weighted by molar-refractivity contribution is -0.133. The van der Waals surface area contributed by atoms with Crippen LogP contribution in [-0.4, -0.2) is 19.1 Å². The van der Waals surface area contributed by atoms with Crippen molar-refractivity contribution in [2.45, 2.75) is 25.9 Å². The van der Waals surface area contributed by atoms with Gasteiger partial charge >= 0.3 is 0 Å². The summed E-state index contributed by atoms with van der Waals surface area (Å²) in [7, 11) is 0. The van der Waals surface area contributed by atoms with E-state index in [1.165, 1.54) is 5.56 Å². The number of carbonyl (C=O) groups is 1. The smallest absolute Gasteiger partial charge is 0.246 e. The van der Waals surface area contributed by atoms with Crippen LogP contribution in [0.25, 0.3) is 0 Å². The highest BCUT2D eigenvalue weighted by Gasteiger charge is 2.19. The molecule has 0 saturated carbocycles. The molecule has 0 bridgehead atoms. The Hall–Kier alpha value is -1.35. The summed E-state index contributed by atoms with van der Waals surface area (Å²) in [4.78, 5) is 10.9. The number of hydrogen-bond donors (Lipinski definition) is 1. The second kappa shape index (κ2) is 4.66. The maximum absolute atomic E-state index is 10.9. The molecule has 1 aliphatic heterocycles. The molecule has 1 aliphatic rings. The van der Waals surface area contributed by atoms with Gasteiger partial charge in [-0.25, -0.2) is 0 Å². The number of benzene rings is 1. The van der Waals surface area contributed by atoms with Crippen molar-refractivity contribution in [1.82, 2.24) is 5.32 Å². The Morgan fingerprint density at radius 3 is 2.50 bits per heavy atom. The van der Waals surface area contributed by atoms with Crippen molar-refractivity contribution in [1.29, 1.82) is 0 Å². The molecule has 1 fully saturated rings. The quantitative estimate of drug-likeness (QED) is 0.826. The van der Waals surface area contributed by atoms with Crippen molar-refractivity contribution >= 4 is 5.91 Å². The van der Waals surface area contributed by atoms with E-state index in [-0.39, 0.29) is 18.6 Å². The van der Waals surface area contributed by atoms with Gasteiger partial charge in [0.1, 0.15) is 12.7 Å². The topological polar surface area (TPSA) is 38.3 Å². The minimum absolute atomic E-state index is 0.00101. The minimum atomic E-state index is -0.0324. The second-order valence-corrected chi connectivity index (χ2v) is 4.43. The summed E-state index contributed by atoms with van der Waals surface area (Å²) >= 11 is 0. The van der Waals surface area contributed by atoms with Crippen molar-refractivity contribution in [3.8, 4) is 0 Å². The maximum Gasteiger partial charge on any atom is 0.246 e. The molecule has 1 aromatic carbocycles. The Balaban J connectivity index is 2.07. The van der Waals surface area contributed by atoms with Gasteiger partial charge in [0.25, 0.3) is 0 Å². The van der Waals surface area contributed by atoms with E-state index in [4.69, 9.17) is 4.74 Å². The van der Waals surface area contributed by atoms with Gasteiger partial charge in [0.05, 0.1) is 0 Å². The first kappa shape index (κ1) is 11.1. The van der Waals surface area contributed by atoms with Gasteiger partial charge in [-0.3, -0.25) is 4.79 Å². The average molecular weight is 219 g/mol. The zero-order chi connectivity index (χ0) is 11.5. The molecule has 16 heavy (non-hydrogen) atoms. The van der Waals surface area contributed by atoms with Crippen molar-refractivity contribution < 1.29 is 9.53 Å². The van der Waals surface area contributed by atoms with E-state index < -0.39 is 0 Å². The van der Waals surface area contributed by atoms with E-state index >= 15 is 0 Å². The first-order valence-electron chi connectivity index (χ1n) is 5.65. The Morgan fingerprint density at radius 1 is 1.31 bits per heavy atom. The summed E-state index contributed by atoms with van der Waals surface area (Å²) in [5.41, 5.74) is 2.45. The average Bonchev–Trinajstić information content (AvgIpc) is 2.30. The molecule has 0 unspecified atom stereocenters. The Bertz CT molecular complexity index is 360. The predicted molar refractivity (Wildman–Crippen MR) is 62.2 cm³/mol. The molecule has 0 radical (unpaired) electrons. The van der Waals surface area contributed by atoms with Gasteiger partial charge in [0.2, 0.25) is 5.91 Å². The minimum Gasteiger partial charge on any atom is -0.362 e. The van der Waals surface area contributed by atoms with Gasteiger partial charge < -0.3 is 10.1 Å². The molecule has 1 amide bonds. The summed E-state index contributed by atoms with van der Waals surface area (Å²) in [6.07, 6.45) is -0.00101. The summed E-state index contributed by atoms with van der Waals surface area (Å²) in [5.74, 6) is 0.510. The normalized spacial score (nSPS) is 20.9. The Labute approximate surface area is 95.8 Å². The van der Waals surface area contributed by atoms with Gasteiger partial charge in [0.15, 0.2) is 0 Å². The molecule has 2 rings (SSSR count). The molecule has 3 nitrogen and oxygen atoms in total. The van der Waals surface area contributed by atoms with E-state index in [0.29, 0.717) is 12.5 Å².